The summed E-state index contributed by atoms with van der Waals surface area (Å²) in [6, 6.07) is 15.8. The molecule has 1 aliphatic heterocycles. The molecule has 3 nitrogen and oxygen atoms in total. The highest BCUT2D eigenvalue weighted by Crippen LogP contribution is 2.39. The van der Waals surface area contributed by atoms with Crippen LogP contribution in [-0.4, -0.2) is 19.5 Å². The van der Waals surface area contributed by atoms with Crippen molar-refractivity contribution in [3.8, 4) is 0 Å². The van der Waals surface area contributed by atoms with Gasteiger partial charge in [-0.3, -0.25) is 4.79 Å². The van der Waals surface area contributed by atoms with Crippen LogP contribution in [0.25, 0.3) is 0 Å². The third-order valence-electron chi connectivity index (χ3n) is 3.59. The normalized spacial score (nSPS) is 13.9. The quantitative estimate of drug-likeness (QED) is 0.776. The van der Waals surface area contributed by atoms with Crippen LogP contribution in [0, 0.1) is 0 Å². The standard InChI is InChI=1S/C16H16N2O/c1-3-18-15-11-7-6-10-14(15)17(2)13-9-5-4-8-12(13)16(18)19/h4-11H,3H2,1-2H3. The van der Waals surface area contributed by atoms with Gasteiger partial charge in [-0.05, 0) is 31.2 Å². The minimum absolute atomic E-state index is 0.0647. The number of nitrogens with zero attached hydrogens (tertiary/aromatic N) is 2. The number of para-hydroxylation sites is 3. The van der Waals surface area contributed by atoms with Gasteiger partial charge in [0.25, 0.3) is 5.91 Å². The molecule has 3 heteroatoms. The number of carbonyl (C=O) groups excluding carboxylic acids is 1. The number of fused-ring (bicyclic) bond motifs is 2. The van der Waals surface area contributed by atoms with Crippen LogP contribution < -0.4 is 9.80 Å². The zero-order valence-electron chi connectivity index (χ0n) is 11.1. The highest BCUT2D eigenvalue weighted by atomic mass is 16.2. The van der Waals surface area contributed by atoms with Crippen molar-refractivity contribution in [2.45, 2.75) is 6.92 Å². The highest BCUT2D eigenvalue weighted by Gasteiger charge is 2.27. The second-order valence-corrected chi connectivity index (χ2v) is 4.61. The summed E-state index contributed by atoms with van der Waals surface area (Å²) >= 11 is 0. The van der Waals surface area contributed by atoms with Crippen molar-refractivity contribution in [3.05, 3.63) is 54.1 Å². The molecule has 96 valence electrons. The number of anilines is 3. The zero-order chi connectivity index (χ0) is 13.4. The molecule has 0 aliphatic carbocycles. The first-order valence-corrected chi connectivity index (χ1v) is 6.47. The molecule has 0 N–H and O–H groups in total. The van der Waals surface area contributed by atoms with E-state index < -0.39 is 0 Å². The second kappa shape index (κ2) is 4.43. The summed E-state index contributed by atoms with van der Waals surface area (Å²) in [5.41, 5.74) is 3.73. The Morgan fingerprint density at radius 2 is 1.47 bits per heavy atom. The van der Waals surface area contributed by atoms with Crippen molar-refractivity contribution in [1.29, 1.82) is 0 Å². The number of amides is 1. The smallest absolute Gasteiger partial charge is 0.260 e. The molecule has 0 bridgehead atoms. The molecule has 1 heterocycles. The molecule has 0 saturated heterocycles. The molecular formula is C16H16N2O. The maximum Gasteiger partial charge on any atom is 0.260 e. The largest absolute Gasteiger partial charge is 0.342 e. The predicted molar refractivity (Wildman–Crippen MR) is 78.3 cm³/mol. The van der Waals surface area contributed by atoms with Gasteiger partial charge in [0.15, 0.2) is 0 Å². The summed E-state index contributed by atoms with van der Waals surface area (Å²) in [5.74, 6) is 0.0647. The second-order valence-electron chi connectivity index (χ2n) is 4.61. The monoisotopic (exact) mass is 252 g/mol. The van der Waals surface area contributed by atoms with E-state index in [1.165, 1.54) is 0 Å². The molecule has 0 aromatic heterocycles. The Morgan fingerprint density at radius 3 is 2.16 bits per heavy atom. The van der Waals surface area contributed by atoms with E-state index in [0.29, 0.717) is 6.54 Å². The minimum Gasteiger partial charge on any atom is -0.342 e. The summed E-state index contributed by atoms with van der Waals surface area (Å²) in [7, 11) is 2.00. The van der Waals surface area contributed by atoms with E-state index in [2.05, 4.69) is 4.90 Å². The molecule has 0 atom stereocenters. The van der Waals surface area contributed by atoms with Crippen molar-refractivity contribution in [2.75, 3.05) is 23.4 Å². The number of carbonyl (C=O) groups is 1. The minimum atomic E-state index is 0.0647. The molecular weight excluding hydrogens is 236 g/mol. The third kappa shape index (κ3) is 1.70. The van der Waals surface area contributed by atoms with Crippen LogP contribution in [0.5, 0.6) is 0 Å². The maximum atomic E-state index is 12.7. The van der Waals surface area contributed by atoms with Crippen LogP contribution in [0.3, 0.4) is 0 Å². The molecule has 0 fully saturated rings. The van der Waals surface area contributed by atoms with E-state index in [1.54, 1.807) is 0 Å². The molecule has 19 heavy (non-hydrogen) atoms. The van der Waals surface area contributed by atoms with E-state index in [4.69, 9.17) is 0 Å². The fraction of sp³-hybridized carbons (Fsp3) is 0.188. The first-order valence-electron chi connectivity index (χ1n) is 6.47. The van der Waals surface area contributed by atoms with E-state index in [0.717, 1.165) is 22.6 Å². The number of hydrogen-bond donors (Lipinski definition) is 0. The van der Waals surface area contributed by atoms with Crippen molar-refractivity contribution in [1.82, 2.24) is 0 Å². The summed E-state index contributed by atoms with van der Waals surface area (Å²) < 4.78 is 0. The third-order valence-corrected chi connectivity index (χ3v) is 3.59. The van der Waals surface area contributed by atoms with Gasteiger partial charge in [0.1, 0.15) is 0 Å². The van der Waals surface area contributed by atoms with Crippen LogP contribution in [0.1, 0.15) is 17.3 Å². The molecule has 2 aromatic carbocycles. The number of benzene rings is 2. The summed E-state index contributed by atoms with van der Waals surface area (Å²) in [6.45, 7) is 2.67. The van der Waals surface area contributed by atoms with E-state index in [-0.39, 0.29) is 5.91 Å². The summed E-state index contributed by atoms with van der Waals surface area (Å²) in [4.78, 5) is 16.6. The Labute approximate surface area is 113 Å². The molecule has 2 aromatic rings. The van der Waals surface area contributed by atoms with E-state index in [9.17, 15) is 4.79 Å². The van der Waals surface area contributed by atoms with Gasteiger partial charge in [-0.25, -0.2) is 0 Å². The topological polar surface area (TPSA) is 23.6 Å². The lowest BCUT2D eigenvalue weighted by atomic mass is 10.1. The molecule has 3 rings (SSSR count). The Morgan fingerprint density at radius 1 is 0.895 bits per heavy atom. The van der Waals surface area contributed by atoms with Crippen LogP contribution in [0.4, 0.5) is 17.1 Å². The first kappa shape index (κ1) is 11.8. The average molecular weight is 252 g/mol. The molecule has 1 aliphatic rings. The van der Waals surface area contributed by atoms with Crippen LogP contribution in [-0.2, 0) is 0 Å². The Balaban J connectivity index is 2.30. The summed E-state index contributed by atoms with van der Waals surface area (Å²) in [6.07, 6.45) is 0. The van der Waals surface area contributed by atoms with Gasteiger partial charge in [0, 0.05) is 13.6 Å². The van der Waals surface area contributed by atoms with Crippen molar-refractivity contribution < 1.29 is 4.79 Å². The lowest BCUT2D eigenvalue weighted by molar-refractivity contribution is 0.0989. The van der Waals surface area contributed by atoms with Gasteiger partial charge in [-0.1, -0.05) is 24.3 Å². The molecule has 0 spiro atoms. The molecule has 0 unspecified atom stereocenters. The number of hydrogen-bond acceptors (Lipinski definition) is 2. The van der Waals surface area contributed by atoms with Crippen molar-refractivity contribution in [3.63, 3.8) is 0 Å². The van der Waals surface area contributed by atoms with Crippen LogP contribution >= 0.6 is 0 Å². The van der Waals surface area contributed by atoms with E-state index in [1.807, 2.05) is 67.4 Å². The maximum absolute atomic E-state index is 12.7. The average Bonchev–Trinajstić information content (AvgIpc) is 2.55. The fourth-order valence-electron chi connectivity index (χ4n) is 2.62. The lowest BCUT2D eigenvalue weighted by Crippen LogP contribution is -2.29. The van der Waals surface area contributed by atoms with Crippen LogP contribution in [0.15, 0.2) is 48.5 Å². The van der Waals surface area contributed by atoms with Crippen LogP contribution in [0.2, 0.25) is 0 Å². The Hall–Kier alpha value is -2.29. The van der Waals surface area contributed by atoms with E-state index >= 15 is 0 Å². The molecule has 0 saturated carbocycles. The van der Waals surface area contributed by atoms with Gasteiger partial charge in [0.05, 0.1) is 22.6 Å². The van der Waals surface area contributed by atoms with Gasteiger partial charge < -0.3 is 9.80 Å². The first-order chi connectivity index (χ1) is 9.24. The van der Waals surface area contributed by atoms with Gasteiger partial charge in [-0.2, -0.15) is 0 Å². The van der Waals surface area contributed by atoms with Gasteiger partial charge in [-0.15, -0.1) is 0 Å². The molecule has 1 amide bonds. The SMILES string of the molecule is CCN1C(=O)c2ccccc2N(C)c2ccccc21. The Bertz CT molecular complexity index is 636. The van der Waals surface area contributed by atoms with Gasteiger partial charge >= 0.3 is 0 Å². The Kier molecular flexibility index (Phi) is 2.75. The van der Waals surface area contributed by atoms with Gasteiger partial charge in [0.2, 0.25) is 0 Å². The van der Waals surface area contributed by atoms with Crippen molar-refractivity contribution >= 4 is 23.0 Å². The highest BCUT2D eigenvalue weighted by molar-refractivity contribution is 6.13. The predicted octanol–water partition coefficient (Wildman–Crippen LogP) is 3.43. The zero-order valence-corrected chi connectivity index (χ0v) is 11.1. The summed E-state index contributed by atoms with van der Waals surface area (Å²) in [5, 5.41) is 0. The lowest BCUT2D eigenvalue weighted by Gasteiger charge is -2.23. The number of rotatable bonds is 1. The van der Waals surface area contributed by atoms with Crippen molar-refractivity contribution in [2.24, 2.45) is 0 Å². The molecule has 0 radical (unpaired) electrons. The fourth-order valence-corrected chi connectivity index (χ4v) is 2.62.